The summed E-state index contributed by atoms with van der Waals surface area (Å²) in [6.07, 6.45) is 4.74. The van der Waals surface area contributed by atoms with Crippen molar-refractivity contribution < 1.29 is 9.59 Å². The van der Waals surface area contributed by atoms with Crippen LogP contribution in [0.25, 0.3) is 0 Å². The van der Waals surface area contributed by atoms with E-state index in [1.165, 1.54) is 0 Å². The molecule has 4 nitrogen and oxygen atoms in total. The van der Waals surface area contributed by atoms with Gasteiger partial charge in [-0.15, -0.1) is 0 Å². The summed E-state index contributed by atoms with van der Waals surface area (Å²) in [5.74, 6) is 2.34. The molecular formula is C14H24N2O2S. The molecule has 1 atom stereocenters. The van der Waals surface area contributed by atoms with Crippen molar-refractivity contribution in [2.45, 2.75) is 57.5 Å². The van der Waals surface area contributed by atoms with E-state index in [2.05, 4.69) is 12.2 Å². The van der Waals surface area contributed by atoms with Crippen molar-refractivity contribution in [2.24, 2.45) is 0 Å². The molecule has 5 heteroatoms. The Morgan fingerprint density at radius 1 is 1.37 bits per heavy atom. The molecule has 1 N–H and O–H groups in total. The first-order chi connectivity index (χ1) is 9.12. The number of amides is 2. The second-order valence-electron chi connectivity index (χ2n) is 5.47. The highest BCUT2D eigenvalue weighted by atomic mass is 32.2. The molecule has 2 aliphatic rings. The van der Waals surface area contributed by atoms with Crippen molar-refractivity contribution in [3.8, 4) is 0 Å². The molecule has 19 heavy (non-hydrogen) atoms. The van der Waals surface area contributed by atoms with Crippen LogP contribution in [-0.2, 0) is 9.59 Å². The molecule has 0 aromatic carbocycles. The van der Waals surface area contributed by atoms with E-state index in [-0.39, 0.29) is 17.9 Å². The Balaban J connectivity index is 2.08. The molecule has 0 bridgehead atoms. The van der Waals surface area contributed by atoms with Gasteiger partial charge in [-0.25, -0.2) is 0 Å². The molecule has 1 saturated carbocycles. The second kappa shape index (κ2) is 6.16. The molecule has 1 unspecified atom stereocenters. The van der Waals surface area contributed by atoms with E-state index in [0.717, 1.165) is 50.2 Å². The van der Waals surface area contributed by atoms with E-state index in [0.29, 0.717) is 0 Å². The van der Waals surface area contributed by atoms with Gasteiger partial charge >= 0.3 is 0 Å². The molecule has 1 saturated heterocycles. The number of rotatable bonds is 5. The van der Waals surface area contributed by atoms with Gasteiger partial charge in [0, 0.05) is 6.54 Å². The zero-order valence-electron chi connectivity index (χ0n) is 11.9. The number of piperazine rings is 1. The van der Waals surface area contributed by atoms with Crippen molar-refractivity contribution in [3.63, 3.8) is 0 Å². The molecule has 0 radical (unpaired) electrons. The van der Waals surface area contributed by atoms with Gasteiger partial charge in [0.05, 0.1) is 0 Å². The third-order valence-electron chi connectivity index (χ3n) is 4.23. The Bertz CT molecular complexity index is 353. The van der Waals surface area contributed by atoms with Crippen molar-refractivity contribution in [3.05, 3.63) is 0 Å². The number of nitrogens with one attached hydrogen (secondary N) is 1. The van der Waals surface area contributed by atoms with Crippen LogP contribution in [0.2, 0.25) is 0 Å². The smallest absolute Gasteiger partial charge is 0.246 e. The lowest BCUT2D eigenvalue weighted by Gasteiger charge is -2.45. The Labute approximate surface area is 119 Å². The first kappa shape index (κ1) is 14.7. The number of hydrogen-bond acceptors (Lipinski definition) is 3. The van der Waals surface area contributed by atoms with Gasteiger partial charge in [0.15, 0.2) is 0 Å². The Hall–Kier alpha value is -0.710. The molecule has 1 aliphatic carbocycles. The van der Waals surface area contributed by atoms with Crippen LogP contribution in [0.3, 0.4) is 0 Å². The van der Waals surface area contributed by atoms with Gasteiger partial charge in [-0.05, 0) is 37.7 Å². The van der Waals surface area contributed by atoms with E-state index < -0.39 is 5.54 Å². The van der Waals surface area contributed by atoms with Crippen LogP contribution in [0.5, 0.6) is 0 Å². The molecule has 1 heterocycles. The fraction of sp³-hybridized carbons (Fsp3) is 0.857. The minimum atomic E-state index is -0.527. The van der Waals surface area contributed by atoms with Crippen LogP contribution in [-0.4, -0.2) is 46.3 Å². The van der Waals surface area contributed by atoms with Crippen LogP contribution in [0.1, 0.15) is 46.0 Å². The minimum Gasteiger partial charge on any atom is -0.343 e. The molecule has 1 spiro atoms. The standard InChI is InChI=1S/C14H24N2O2S/c1-3-19-10-6-9-16-12(17)11(2)15-13(18)14(16)7-4-5-8-14/h11H,3-10H2,1-2H3,(H,15,18). The van der Waals surface area contributed by atoms with Crippen LogP contribution >= 0.6 is 11.8 Å². The Morgan fingerprint density at radius 3 is 2.68 bits per heavy atom. The summed E-state index contributed by atoms with van der Waals surface area (Å²) in [5.41, 5.74) is -0.527. The van der Waals surface area contributed by atoms with Crippen LogP contribution < -0.4 is 5.32 Å². The minimum absolute atomic E-state index is 0.0697. The quantitative estimate of drug-likeness (QED) is 0.783. The third kappa shape index (κ3) is 2.76. The maximum absolute atomic E-state index is 12.4. The maximum Gasteiger partial charge on any atom is 0.246 e. The van der Waals surface area contributed by atoms with Crippen molar-refractivity contribution in [1.82, 2.24) is 10.2 Å². The third-order valence-corrected chi connectivity index (χ3v) is 5.21. The van der Waals surface area contributed by atoms with Gasteiger partial charge in [0.1, 0.15) is 11.6 Å². The highest BCUT2D eigenvalue weighted by Crippen LogP contribution is 2.38. The van der Waals surface area contributed by atoms with Gasteiger partial charge < -0.3 is 10.2 Å². The number of nitrogens with zero attached hydrogens (tertiary/aromatic N) is 1. The van der Waals surface area contributed by atoms with Gasteiger partial charge in [-0.1, -0.05) is 19.8 Å². The number of hydrogen-bond donors (Lipinski definition) is 1. The lowest BCUT2D eigenvalue weighted by atomic mass is 9.89. The van der Waals surface area contributed by atoms with Crippen molar-refractivity contribution >= 4 is 23.6 Å². The topological polar surface area (TPSA) is 49.4 Å². The van der Waals surface area contributed by atoms with Crippen molar-refractivity contribution in [1.29, 1.82) is 0 Å². The molecular weight excluding hydrogens is 260 g/mol. The normalized spacial score (nSPS) is 26.0. The fourth-order valence-corrected chi connectivity index (χ4v) is 3.83. The predicted octanol–water partition coefficient (Wildman–Crippen LogP) is 1.79. The summed E-state index contributed by atoms with van der Waals surface area (Å²) < 4.78 is 0. The van der Waals surface area contributed by atoms with Gasteiger partial charge in [-0.2, -0.15) is 11.8 Å². The van der Waals surface area contributed by atoms with E-state index in [4.69, 9.17) is 0 Å². The second-order valence-corrected chi connectivity index (χ2v) is 6.87. The zero-order valence-corrected chi connectivity index (χ0v) is 12.7. The molecule has 0 aromatic rings. The summed E-state index contributed by atoms with van der Waals surface area (Å²) in [7, 11) is 0. The number of carbonyl (C=O) groups is 2. The lowest BCUT2D eigenvalue weighted by Crippen LogP contribution is -2.69. The largest absolute Gasteiger partial charge is 0.343 e. The predicted molar refractivity (Wildman–Crippen MR) is 78.1 cm³/mol. The summed E-state index contributed by atoms with van der Waals surface area (Å²) in [6.45, 7) is 4.66. The summed E-state index contributed by atoms with van der Waals surface area (Å²) >= 11 is 1.89. The van der Waals surface area contributed by atoms with E-state index in [1.54, 1.807) is 6.92 Å². The van der Waals surface area contributed by atoms with E-state index in [9.17, 15) is 9.59 Å². The Kier molecular flexibility index (Phi) is 4.76. The monoisotopic (exact) mass is 284 g/mol. The summed E-state index contributed by atoms with van der Waals surface area (Å²) in [6, 6.07) is -0.363. The molecule has 1 aliphatic heterocycles. The molecule has 2 rings (SSSR count). The lowest BCUT2D eigenvalue weighted by molar-refractivity contribution is -0.156. The number of thioether (sulfide) groups is 1. The number of carbonyl (C=O) groups excluding carboxylic acids is 2. The SMILES string of the molecule is CCSCCCN1C(=O)C(C)NC(=O)C12CCCC2. The highest BCUT2D eigenvalue weighted by Gasteiger charge is 2.52. The first-order valence-corrected chi connectivity index (χ1v) is 8.47. The zero-order chi connectivity index (χ0) is 13.9. The van der Waals surface area contributed by atoms with Crippen LogP contribution in [0.15, 0.2) is 0 Å². The van der Waals surface area contributed by atoms with E-state index >= 15 is 0 Å². The summed E-state index contributed by atoms with van der Waals surface area (Å²) in [4.78, 5) is 26.7. The fourth-order valence-electron chi connectivity index (χ4n) is 3.21. The van der Waals surface area contributed by atoms with Gasteiger partial charge in [0.25, 0.3) is 0 Å². The maximum atomic E-state index is 12.4. The average Bonchev–Trinajstić information content (AvgIpc) is 2.87. The van der Waals surface area contributed by atoms with E-state index in [1.807, 2.05) is 16.7 Å². The van der Waals surface area contributed by atoms with Gasteiger partial charge in [-0.3, -0.25) is 9.59 Å². The molecule has 0 aromatic heterocycles. The Morgan fingerprint density at radius 2 is 2.05 bits per heavy atom. The molecule has 2 fully saturated rings. The molecule has 2 amide bonds. The van der Waals surface area contributed by atoms with Crippen LogP contribution in [0, 0.1) is 0 Å². The highest BCUT2D eigenvalue weighted by molar-refractivity contribution is 7.99. The van der Waals surface area contributed by atoms with Crippen molar-refractivity contribution in [2.75, 3.05) is 18.1 Å². The summed E-state index contributed by atoms with van der Waals surface area (Å²) in [5, 5.41) is 2.86. The average molecular weight is 284 g/mol. The van der Waals surface area contributed by atoms with Crippen LogP contribution in [0.4, 0.5) is 0 Å². The molecule has 108 valence electrons. The first-order valence-electron chi connectivity index (χ1n) is 7.32. The van der Waals surface area contributed by atoms with Gasteiger partial charge in [0.2, 0.25) is 11.8 Å².